The van der Waals surface area contributed by atoms with E-state index in [4.69, 9.17) is 16.3 Å². The average molecular weight is 486 g/mol. The molecule has 31 heavy (non-hydrogen) atoms. The van der Waals surface area contributed by atoms with E-state index in [2.05, 4.69) is 5.32 Å². The number of hydrogen-bond acceptors (Lipinski definition) is 6. The maximum atomic E-state index is 12.9. The Hall–Kier alpha value is -1.98. The zero-order valence-electron chi connectivity index (χ0n) is 17.0. The number of thiophene rings is 1. The van der Waals surface area contributed by atoms with E-state index >= 15 is 0 Å². The van der Waals surface area contributed by atoms with Gasteiger partial charge in [-0.25, -0.2) is 8.42 Å². The Morgan fingerprint density at radius 3 is 2.68 bits per heavy atom. The maximum Gasteiger partial charge on any atom is 0.244 e. The van der Waals surface area contributed by atoms with Gasteiger partial charge in [0.05, 0.1) is 24.8 Å². The number of benzene rings is 1. The van der Waals surface area contributed by atoms with Crippen molar-refractivity contribution < 1.29 is 22.7 Å². The number of carbonyl (C=O) groups excluding carboxylic acids is 2. The van der Waals surface area contributed by atoms with Crippen molar-refractivity contribution in [3.63, 3.8) is 0 Å². The first-order valence-electron chi connectivity index (χ1n) is 9.69. The van der Waals surface area contributed by atoms with Crippen molar-refractivity contribution in [1.29, 1.82) is 0 Å². The molecule has 2 heterocycles. The van der Waals surface area contributed by atoms with Crippen LogP contribution in [0.3, 0.4) is 0 Å². The van der Waals surface area contributed by atoms with Crippen molar-refractivity contribution in [3.05, 3.63) is 45.6 Å². The second-order valence-corrected chi connectivity index (χ2v) is 10.2. The lowest BCUT2D eigenvalue weighted by Gasteiger charge is -2.26. The lowest BCUT2D eigenvalue weighted by molar-refractivity contribution is -0.133. The first-order chi connectivity index (χ1) is 14.8. The van der Waals surface area contributed by atoms with Crippen LogP contribution in [-0.2, 0) is 30.8 Å². The van der Waals surface area contributed by atoms with Crippen molar-refractivity contribution >= 4 is 50.5 Å². The molecule has 8 nitrogen and oxygen atoms in total. The van der Waals surface area contributed by atoms with Gasteiger partial charge in [-0.1, -0.05) is 11.6 Å². The standard InChI is InChI=1S/C20H24ClN3O5S2/c1-23(20(26)5-2-15-6-11-30-14-15)13-19(25)22-16-3-4-17(21)18(12-16)31(27,28)24-7-9-29-10-8-24/h3-4,6,11-12,14H,2,5,7-10,13H2,1H3,(H,22,25). The Morgan fingerprint density at radius 1 is 1.26 bits per heavy atom. The molecule has 0 atom stereocenters. The zero-order valence-corrected chi connectivity index (χ0v) is 19.4. The van der Waals surface area contributed by atoms with Crippen LogP contribution in [0.1, 0.15) is 12.0 Å². The molecule has 1 aliphatic rings. The summed E-state index contributed by atoms with van der Waals surface area (Å²) in [7, 11) is -2.25. The third-order valence-corrected chi connectivity index (χ3v) is 7.93. The van der Waals surface area contributed by atoms with E-state index in [9.17, 15) is 18.0 Å². The van der Waals surface area contributed by atoms with Crippen LogP contribution in [0.4, 0.5) is 5.69 Å². The summed E-state index contributed by atoms with van der Waals surface area (Å²) in [6.07, 6.45) is 0.928. The molecule has 0 aliphatic carbocycles. The number of likely N-dealkylation sites (N-methyl/N-ethyl adjacent to an activating group) is 1. The highest BCUT2D eigenvalue weighted by molar-refractivity contribution is 7.89. The molecular formula is C20H24ClN3O5S2. The van der Waals surface area contributed by atoms with E-state index in [-0.39, 0.29) is 35.5 Å². The molecule has 3 rings (SSSR count). The fourth-order valence-corrected chi connectivity index (χ4v) is 5.70. The Bertz CT molecular complexity index is 1020. The van der Waals surface area contributed by atoms with Crippen molar-refractivity contribution in [3.8, 4) is 0 Å². The molecule has 2 aromatic rings. The van der Waals surface area contributed by atoms with E-state index in [0.717, 1.165) is 5.56 Å². The molecule has 1 N–H and O–H groups in total. The summed E-state index contributed by atoms with van der Waals surface area (Å²) in [6.45, 7) is 0.984. The van der Waals surface area contributed by atoms with Crippen LogP contribution in [0.2, 0.25) is 5.02 Å². The predicted octanol–water partition coefficient (Wildman–Crippen LogP) is 2.45. The fraction of sp³-hybridized carbons (Fsp3) is 0.400. The molecule has 1 aromatic carbocycles. The molecule has 1 saturated heterocycles. The third-order valence-electron chi connectivity index (χ3n) is 4.82. The summed E-state index contributed by atoms with van der Waals surface area (Å²) >= 11 is 7.71. The fourth-order valence-electron chi connectivity index (χ4n) is 3.09. The van der Waals surface area contributed by atoms with Gasteiger partial charge in [-0.15, -0.1) is 0 Å². The number of carbonyl (C=O) groups is 2. The predicted molar refractivity (Wildman–Crippen MR) is 120 cm³/mol. The van der Waals surface area contributed by atoms with Gasteiger partial charge in [0.15, 0.2) is 0 Å². The van der Waals surface area contributed by atoms with Gasteiger partial charge in [0.25, 0.3) is 0 Å². The zero-order chi connectivity index (χ0) is 22.4. The lowest BCUT2D eigenvalue weighted by Crippen LogP contribution is -2.40. The molecule has 0 bridgehead atoms. The Kier molecular flexibility index (Phi) is 8.06. The van der Waals surface area contributed by atoms with Crippen molar-refractivity contribution in [1.82, 2.24) is 9.21 Å². The highest BCUT2D eigenvalue weighted by Gasteiger charge is 2.28. The molecule has 1 aliphatic heterocycles. The van der Waals surface area contributed by atoms with Crippen LogP contribution in [0.25, 0.3) is 0 Å². The van der Waals surface area contributed by atoms with Crippen LogP contribution >= 0.6 is 22.9 Å². The van der Waals surface area contributed by atoms with E-state index in [1.807, 2.05) is 16.8 Å². The summed E-state index contributed by atoms with van der Waals surface area (Å²) < 4.78 is 32.3. The van der Waals surface area contributed by atoms with E-state index in [1.54, 1.807) is 18.4 Å². The number of aryl methyl sites for hydroxylation is 1. The summed E-state index contributed by atoms with van der Waals surface area (Å²) in [5.41, 5.74) is 1.38. The monoisotopic (exact) mass is 485 g/mol. The lowest BCUT2D eigenvalue weighted by atomic mass is 10.2. The Labute approximate surface area is 190 Å². The molecule has 168 valence electrons. The number of rotatable bonds is 8. The molecule has 0 spiro atoms. The van der Waals surface area contributed by atoms with Crippen LogP contribution in [0.5, 0.6) is 0 Å². The van der Waals surface area contributed by atoms with Gasteiger partial charge in [-0.2, -0.15) is 15.6 Å². The normalized spacial score (nSPS) is 14.9. The SMILES string of the molecule is CN(CC(=O)Nc1ccc(Cl)c(S(=O)(=O)N2CCOCC2)c1)C(=O)CCc1ccsc1. The van der Waals surface area contributed by atoms with Gasteiger partial charge in [0.1, 0.15) is 4.90 Å². The van der Waals surface area contributed by atoms with Gasteiger partial charge >= 0.3 is 0 Å². The molecular weight excluding hydrogens is 462 g/mol. The highest BCUT2D eigenvalue weighted by atomic mass is 35.5. The van der Waals surface area contributed by atoms with E-state index < -0.39 is 15.9 Å². The van der Waals surface area contributed by atoms with Gasteiger partial charge in [-0.3, -0.25) is 9.59 Å². The number of anilines is 1. The summed E-state index contributed by atoms with van der Waals surface area (Å²) in [4.78, 5) is 25.9. The molecule has 0 saturated carbocycles. The first kappa shape index (κ1) is 23.7. The molecule has 2 amide bonds. The summed E-state index contributed by atoms with van der Waals surface area (Å²) in [5, 5.41) is 6.66. The van der Waals surface area contributed by atoms with Gasteiger partial charge in [0, 0.05) is 32.2 Å². The maximum absolute atomic E-state index is 12.9. The minimum absolute atomic E-state index is 0.0743. The van der Waals surface area contributed by atoms with E-state index in [0.29, 0.717) is 31.7 Å². The molecule has 0 unspecified atom stereocenters. The van der Waals surface area contributed by atoms with Gasteiger partial charge in [-0.05, 0) is 47.0 Å². The Balaban J connectivity index is 1.60. The molecule has 0 radical (unpaired) electrons. The minimum Gasteiger partial charge on any atom is -0.379 e. The van der Waals surface area contributed by atoms with Gasteiger partial charge in [0.2, 0.25) is 21.8 Å². The number of halogens is 1. The second-order valence-electron chi connectivity index (χ2n) is 7.09. The highest BCUT2D eigenvalue weighted by Crippen LogP contribution is 2.28. The number of amides is 2. The minimum atomic E-state index is -3.81. The van der Waals surface area contributed by atoms with Crippen LogP contribution in [0, 0.1) is 0 Å². The van der Waals surface area contributed by atoms with Crippen molar-refractivity contribution in [2.24, 2.45) is 0 Å². The second kappa shape index (κ2) is 10.6. The summed E-state index contributed by atoms with van der Waals surface area (Å²) in [6, 6.07) is 6.26. The third kappa shape index (κ3) is 6.27. The number of hydrogen-bond donors (Lipinski definition) is 1. The quantitative estimate of drug-likeness (QED) is 0.619. The number of morpholine rings is 1. The van der Waals surface area contributed by atoms with E-state index in [1.165, 1.54) is 27.4 Å². The Morgan fingerprint density at radius 2 is 2.00 bits per heavy atom. The van der Waals surface area contributed by atoms with Crippen LogP contribution in [0.15, 0.2) is 39.9 Å². The number of sulfonamides is 1. The smallest absolute Gasteiger partial charge is 0.244 e. The number of nitrogens with zero attached hydrogens (tertiary/aromatic N) is 2. The van der Waals surface area contributed by atoms with Gasteiger partial charge < -0.3 is 15.0 Å². The topological polar surface area (TPSA) is 96.0 Å². The van der Waals surface area contributed by atoms with Crippen LogP contribution in [-0.4, -0.2) is 69.3 Å². The summed E-state index contributed by atoms with van der Waals surface area (Å²) in [5.74, 6) is -0.573. The van der Waals surface area contributed by atoms with Crippen molar-refractivity contribution in [2.45, 2.75) is 17.7 Å². The molecule has 11 heteroatoms. The first-order valence-corrected chi connectivity index (χ1v) is 12.5. The molecule has 1 aromatic heterocycles. The largest absolute Gasteiger partial charge is 0.379 e. The molecule has 1 fully saturated rings. The number of ether oxygens (including phenoxy) is 1. The van der Waals surface area contributed by atoms with Crippen LogP contribution < -0.4 is 5.32 Å². The average Bonchev–Trinajstić information content (AvgIpc) is 3.27. The number of nitrogens with one attached hydrogen (secondary N) is 1. The van der Waals surface area contributed by atoms with Crippen molar-refractivity contribution in [2.75, 3.05) is 45.2 Å².